The summed E-state index contributed by atoms with van der Waals surface area (Å²) in [6.45, 7) is 6.85. The molecular formula is C16H25BrN2. The first kappa shape index (κ1) is 15.0. The zero-order valence-corrected chi connectivity index (χ0v) is 13.6. The molecule has 3 heteroatoms. The highest BCUT2D eigenvalue weighted by atomic mass is 79.9. The van der Waals surface area contributed by atoms with Crippen molar-refractivity contribution in [1.82, 2.24) is 10.3 Å². The number of hydrogen-bond acceptors (Lipinski definition) is 2. The van der Waals surface area contributed by atoms with Gasteiger partial charge in [-0.3, -0.25) is 4.98 Å². The fourth-order valence-corrected chi connectivity index (χ4v) is 3.69. The van der Waals surface area contributed by atoms with Crippen molar-refractivity contribution in [3.8, 4) is 0 Å². The molecule has 1 aliphatic rings. The summed E-state index contributed by atoms with van der Waals surface area (Å²) in [5, 5.41) is 3.54. The van der Waals surface area contributed by atoms with E-state index in [9.17, 15) is 0 Å². The molecule has 1 aliphatic carbocycles. The van der Waals surface area contributed by atoms with Crippen molar-refractivity contribution in [1.29, 1.82) is 0 Å². The zero-order chi connectivity index (χ0) is 13.7. The third kappa shape index (κ3) is 4.57. The van der Waals surface area contributed by atoms with E-state index in [0.29, 0.717) is 0 Å². The van der Waals surface area contributed by atoms with Gasteiger partial charge in [0.05, 0.1) is 0 Å². The summed E-state index contributed by atoms with van der Waals surface area (Å²) in [4.78, 5) is 4.29. The van der Waals surface area contributed by atoms with Gasteiger partial charge in [-0.15, -0.1) is 0 Å². The normalized spacial score (nSPS) is 27.4. The van der Waals surface area contributed by atoms with Crippen molar-refractivity contribution in [2.75, 3.05) is 13.1 Å². The number of nitrogens with zero attached hydrogens (tertiary/aromatic N) is 1. The largest absolute Gasteiger partial charge is 0.317 e. The van der Waals surface area contributed by atoms with E-state index in [1.807, 2.05) is 12.4 Å². The van der Waals surface area contributed by atoms with Gasteiger partial charge in [0.1, 0.15) is 0 Å². The molecule has 0 spiro atoms. The minimum atomic E-state index is 0.805. The van der Waals surface area contributed by atoms with Gasteiger partial charge in [-0.2, -0.15) is 0 Å². The van der Waals surface area contributed by atoms with Crippen molar-refractivity contribution in [2.45, 2.75) is 39.5 Å². The minimum absolute atomic E-state index is 0.805. The molecule has 0 aromatic carbocycles. The van der Waals surface area contributed by atoms with Gasteiger partial charge in [-0.1, -0.05) is 20.3 Å². The Kier molecular flexibility index (Phi) is 5.83. The van der Waals surface area contributed by atoms with Crippen LogP contribution in [0.4, 0.5) is 0 Å². The molecule has 0 radical (unpaired) electrons. The molecule has 106 valence electrons. The van der Waals surface area contributed by atoms with Crippen LogP contribution in [0.5, 0.6) is 0 Å². The summed E-state index contributed by atoms with van der Waals surface area (Å²) >= 11 is 3.52. The van der Waals surface area contributed by atoms with Crippen molar-refractivity contribution in [3.05, 3.63) is 28.5 Å². The molecular weight excluding hydrogens is 300 g/mol. The first-order chi connectivity index (χ1) is 9.19. The molecule has 19 heavy (non-hydrogen) atoms. The Morgan fingerprint density at radius 3 is 2.89 bits per heavy atom. The molecule has 1 saturated carbocycles. The maximum Gasteiger partial charge on any atom is 0.0410 e. The van der Waals surface area contributed by atoms with Crippen molar-refractivity contribution >= 4 is 15.9 Å². The molecule has 2 rings (SSSR count). The molecule has 0 amide bonds. The number of pyridine rings is 1. The van der Waals surface area contributed by atoms with Crippen LogP contribution in [0.25, 0.3) is 0 Å². The maximum atomic E-state index is 4.29. The molecule has 2 nitrogen and oxygen atoms in total. The van der Waals surface area contributed by atoms with E-state index in [1.54, 1.807) is 0 Å². The Labute approximate surface area is 125 Å². The average Bonchev–Trinajstić information content (AvgIpc) is 2.38. The Hall–Kier alpha value is -0.410. The smallest absolute Gasteiger partial charge is 0.0410 e. The SMILES string of the molecule is CCNCC1CCC(C)CC1Cc1cncc(Br)c1. The summed E-state index contributed by atoms with van der Waals surface area (Å²) in [6, 6.07) is 2.22. The van der Waals surface area contributed by atoms with E-state index in [1.165, 1.54) is 37.8 Å². The molecule has 3 atom stereocenters. The van der Waals surface area contributed by atoms with Crippen LogP contribution in [0.15, 0.2) is 22.9 Å². The van der Waals surface area contributed by atoms with Crippen LogP contribution in [0.1, 0.15) is 38.7 Å². The van der Waals surface area contributed by atoms with E-state index < -0.39 is 0 Å². The van der Waals surface area contributed by atoms with Gasteiger partial charge in [0, 0.05) is 16.9 Å². The van der Waals surface area contributed by atoms with E-state index >= 15 is 0 Å². The minimum Gasteiger partial charge on any atom is -0.317 e. The van der Waals surface area contributed by atoms with Crippen molar-refractivity contribution in [2.24, 2.45) is 17.8 Å². The molecule has 0 bridgehead atoms. The second kappa shape index (κ2) is 7.39. The summed E-state index contributed by atoms with van der Waals surface area (Å²) in [6.07, 6.45) is 9.19. The Morgan fingerprint density at radius 2 is 2.16 bits per heavy atom. The van der Waals surface area contributed by atoms with Crippen molar-refractivity contribution < 1.29 is 0 Å². The van der Waals surface area contributed by atoms with Gasteiger partial charge in [0.15, 0.2) is 0 Å². The highest BCUT2D eigenvalue weighted by Gasteiger charge is 2.28. The summed E-state index contributed by atoms with van der Waals surface area (Å²) in [7, 11) is 0. The first-order valence-corrected chi connectivity index (χ1v) is 8.28. The molecule has 1 aromatic rings. The van der Waals surface area contributed by atoms with Crippen LogP contribution in [-0.4, -0.2) is 18.1 Å². The van der Waals surface area contributed by atoms with Gasteiger partial charge in [-0.25, -0.2) is 0 Å². The van der Waals surface area contributed by atoms with Gasteiger partial charge < -0.3 is 5.32 Å². The Bertz CT molecular complexity index is 392. The average molecular weight is 325 g/mol. The van der Waals surface area contributed by atoms with Crippen LogP contribution in [0, 0.1) is 17.8 Å². The van der Waals surface area contributed by atoms with Crippen LogP contribution >= 0.6 is 15.9 Å². The molecule has 1 heterocycles. The third-order valence-electron chi connectivity index (χ3n) is 4.32. The van der Waals surface area contributed by atoms with Crippen LogP contribution in [0.3, 0.4) is 0 Å². The number of nitrogens with one attached hydrogen (secondary N) is 1. The first-order valence-electron chi connectivity index (χ1n) is 7.49. The number of hydrogen-bond donors (Lipinski definition) is 1. The number of halogens is 1. The van der Waals surface area contributed by atoms with Crippen LogP contribution in [0.2, 0.25) is 0 Å². The monoisotopic (exact) mass is 324 g/mol. The molecule has 0 saturated heterocycles. The van der Waals surface area contributed by atoms with Crippen LogP contribution in [-0.2, 0) is 6.42 Å². The second-order valence-electron chi connectivity index (χ2n) is 5.96. The molecule has 1 fully saturated rings. The summed E-state index contributed by atoms with van der Waals surface area (Å²) in [5.74, 6) is 2.51. The van der Waals surface area contributed by atoms with Gasteiger partial charge >= 0.3 is 0 Å². The fraction of sp³-hybridized carbons (Fsp3) is 0.688. The highest BCUT2D eigenvalue weighted by Crippen LogP contribution is 2.35. The Balaban J connectivity index is 2.00. The number of aromatic nitrogens is 1. The maximum absolute atomic E-state index is 4.29. The predicted octanol–water partition coefficient (Wildman–Crippen LogP) is 4.05. The summed E-state index contributed by atoms with van der Waals surface area (Å²) < 4.78 is 1.09. The lowest BCUT2D eigenvalue weighted by molar-refractivity contribution is 0.184. The lowest BCUT2D eigenvalue weighted by Gasteiger charge is -2.35. The fourth-order valence-electron chi connectivity index (χ4n) is 3.28. The number of rotatable bonds is 5. The standard InChI is InChI=1S/C16H25BrN2/c1-3-18-10-14-5-4-12(2)6-15(14)7-13-8-16(17)11-19-9-13/h8-9,11-12,14-15,18H,3-7,10H2,1-2H3. The predicted molar refractivity (Wildman–Crippen MR) is 84.2 cm³/mol. The second-order valence-corrected chi connectivity index (χ2v) is 6.88. The molecule has 1 aromatic heterocycles. The molecule has 0 aliphatic heterocycles. The van der Waals surface area contributed by atoms with E-state index in [0.717, 1.165) is 28.8 Å². The summed E-state index contributed by atoms with van der Waals surface area (Å²) in [5.41, 5.74) is 1.37. The van der Waals surface area contributed by atoms with Gasteiger partial charge in [0.2, 0.25) is 0 Å². The van der Waals surface area contributed by atoms with E-state index in [4.69, 9.17) is 0 Å². The lowest BCUT2D eigenvalue weighted by atomic mass is 9.72. The van der Waals surface area contributed by atoms with Crippen LogP contribution < -0.4 is 5.32 Å². The zero-order valence-electron chi connectivity index (χ0n) is 12.0. The topological polar surface area (TPSA) is 24.9 Å². The lowest BCUT2D eigenvalue weighted by Crippen LogP contribution is -2.33. The quantitative estimate of drug-likeness (QED) is 0.883. The third-order valence-corrected chi connectivity index (χ3v) is 4.75. The van der Waals surface area contributed by atoms with Crippen molar-refractivity contribution in [3.63, 3.8) is 0 Å². The molecule has 1 N–H and O–H groups in total. The van der Waals surface area contributed by atoms with E-state index in [-0.39, 0.29) is 0 Å². The van der Waals surface area contributed by atoms with E-state index in [2.05, 4.69) is 46.1 Å². The highest BCUT2D eigenvalue weighted by molar-refractivity contribution is 9.10. The van der Waals surface area contributed by atoms with Gasteiger partial charge in [0.25, 0.3) is 0 Å². The van der Waals surface area contributed by atoms with Gasteiger partial charge in [-0.05, 0) is 77.7 Å². The molecule has 3 unspecified atom stereocenters. The Morgan fingerprint density at radius 1 is 1.32 bits per heavy atom.